The van der Waals surface area contributed by atoms with Crippen molar-refractivity contribution in [2.24, 2.45) is 10.7 Å². The van der Waals surface area contributed by atoms with E-state index >= 15 is 0 Å². The molecule has 0 fully saturated rings. The average Bonchev–Trinajstić information content (AvgIpc) is 3.71. The highest BCUT2D eigenvalue weighted by Gasteiger charge is 2.23. The molecule has 2 aromatic heterocycles. The Kier molecular flexibility index (Phi) is 8.14. The molecule has 0 atom stereocenters. The highest BCUT2D eigenvalue weighted by molar-refractivity contribution is 6.12. The average molecular weight is 696 g/mol. The number of aliphatic imine (C=N–C) groups is 1. The smallest absolute Gasteiger partial charge is 0.132 e. The lowest BCUT2D eigenvalue weighted by atomic mass is 10.0. The monoisotopic (exact) mass is 695 g/mol. The predicted octanol–water partition coefficient (Wildman–Crippen LogP) is 11.4. The van der Waals surface area contributed by atoms with E-state index in [1.807, 2.05) is 54.6 Å². The number of rotatable bonds is 7. The number of fused-ring (bicyclic) bond motifs is 6. The zero-order valence-electron chi connectivity index (χ0n) is 30.2. The van der Waals surface area contributed by atoms with Gasteiger partial charge in [0.1, 0.15) is 5.84 Å². The van der Waals surface area contributed by atoms with E-state index in [9.17, 15) is 5.26 Å². The maximum absolute atomic E-state index is 10.9. The van der Waals surface area contributed by atoms with Crippen LogP contribution in [0.25, 0.3) is 60.7 Å². The Morgan fingerprint density at radius 1 is 0.593 bits per heavy atom. The van der Waals surface area contributed by atoms with Gasteiger partial charge in [0.15, 0.2) is 0 Å². The lowest BCUT2D eigenvalue weighted by Crippen LogP contribution is -2.17. The van der Waals surface area contributed by atoms with E-state index in [0.29, 0.717) is 17.5 Å². The number of hydrogen-bond donors (Lipinski definition) is 1. The molecule has 9 rings (SSSR count). The Hall–Kier alpha value is -7.16. The summed E-state index contributed by atoms with van der Waals surface area (Å²) in [6, 6.07) is 57.1. The van der Waals surface area contributed by atoms with E-state index in [0.717, 1.165) is 66.2 Å². The zero-order valence-corrected chi connectivity index (χ0v) is 30.2. The van der Waals surface area contributed by atoms with Gasteiger partial charge in [0, 0.05) is 27.1 Å². The van der Waals surface area contributed by atoms with Crippen LogP contribution in [0.5, 0.6) is 0 Å². The predicted molar refractivity (Wildman–Crippen MR) is 225 cm³/mol. The highest BCUT2D eigenvalue weighted by Crippen LogP contribution is 2.39. The van der Waals surface area contributed by atoms with Crippen molar-refractivity contribution < 1.29 is 0 Å². The first-order valence-corrected chi connectivity index (χ1v) is 18.2. The number of nitrogens with zero attached hydrogens (tertiary/aromatic N) is 4. The molecule has 5 nitrogen and oxygen atoms in total. The Bertz CT molecular complexity index is 2990. The SMILES string of the molecule is Cc1ccc2c(c1)c1ccccc1n2-c1cc(C#N)c(C(N)=N/C(=C\Cc2ccccc2)c2ccccc2)cc1-n1c2ccccc2c2cc(C)ccc21. The molecule has 9 aromatic rings. The Labute approximate surface area is 314 Å². The minimum absolute atomic E-state index is 0.275. The molecule has 0 unspecified atom stereocenters. The molecule has 2 N–H and O–H groups in total. The molecule has 0 amide bonds. The summed E-state index contributed by atoms with van der Waals surface area (Å²) in [6.07, 6.45) is 2.79. The molecular formula is C49H37N5. The fourth-order valence-electron chi connectivity index (χ4n) is 7.79. The summed E-state index contributed by atoms with van der Waals surface area (Å²) in [5, 5.41) is 15.5. The second-order valence-corrected chi connectivity index (χ2v) is 13.9. The summed E-state index contributed by atoms with van der Waals surface area (Å²) in [4.78, 5) is 5.09. The van der Waals surface area contributed by atoms with Crippen LogP contribution in [-0.4, -0.2) is 15.0 Å². The lowest BCUT2D eigenvalue weighted by molar-refractivity contribution is 1.09. The summed E-state index contributed by atoms with van der Waals surface area (Å²) in [5.41, 5.74) is 19.4. The molecule has 0 aliphatic rings. The van der Waals surface area contributed by atoms with Gasteiger partial charge in [-0.3, -0.25) is 0 Å². The number of nitriles is 1. The standard InChI is InChI=1S/C49H37N5/c1-32-21-25-45-40(27-32)37-17-9-11-19-43(37)53(45)47-29-36(31-50)39(30-48(47)54-44-20-12-10-18-38(44)41-28-33(2)22-26-46(41)54)49(51)52-42(35-15-7-4-8-16-35)24-23-34-13-5-3-6-14-34/h3-22,24-30H,23H2,1-2H3,(H2,51,52)/b42-24-. The number of nitrogens with two attached hydrogens (primary N) is 1. The molecule has 258 valence electrons. The summed E-state index contributed by atoms with van der Waals surface area (Å²) in [5.74, 6) is 0.275. The molecule has 0 aliphatic heterocycles. The van der Waals surface area contributed by atoms with E-state index in [1.54, 1.807) is 0 Å². The largest absolute Gasteiger partial charge is 0.383 e. The number of hydrogen-bond acceptors (Lipinski definition) is 2. The van der Waals surface area contributed by atoms with Gasteiger partial charge in [0.2, 0.25) is 0 Å². The van der Waals surface area contributed by atoms with Crippen molar-refractivity contribution >= 4 is 55.1 Å². The van der Waals surface area contributed by atoms with E-state index in [2.05, 4.69) is 138 Å². The van der Waals surface area contributed by atoms with Crippen molar-refractivity contribution in [2.45, 2.75) is 20.3 Å². The van der Waals surface area contributed by atoms with Gasteiger partial charge in [-0.15, -0.1) is 0 Å². The van der Waals surface area contributed by atoms with Crippen molar-refractivity contribution in [2.75, 3.05) is 0 Å². The summed E-state index contributed by atoms with van der Waals surface area (Å²) >= 11 is 0. The van der Waals surface area contributed by atoms with Crippen LogP contribution < -0.4 is 5.73 Å². The van der Waals surface area contributed by atoms with Crippen molar-refractivity contribution in [3.05, 3.63) is 197 Å². The van der Waals surface area contributed by atoms with Gasteiger partial charge in [-0.1, -0.05) is 126 Å². The highest BCUT2D eigenvalue weighted by atomic mass is 15.1. The number of allylic oxidation sites excluding steroid dienone is 1. The molecule has 0 radical (unpaired) electrons. The first-order valence-electron chi connectivity index (χ1n) is 18.2. The summed E-state index contributed by atoms with van der Waals surface area (Å²) < 4.78 is 4.61. The molecule has 0 bridgehead atoms. The van der Waals surface area contributed by atoms with Gasteiger partial charge in [-0.2, -0.15) is 5.26 Å². The van der Waals surface area contributed by atoms with Crippen LogP contribution in [0.1, 0.15) is 33.4 Å². The normalized spacial score (nSPS) is 12.2. The van der Waals surface area contributed by atoms with Crippen molar-refractivity contribution in [1.29, 1.82) is 5.26 Å². The molecule has 0 saturated heterocycles. The number of benzene rings is 7. The third kappa shape index (κ3) is 5.62. The molecule has 0 spiro atoms. The van der Waals surface area contributed by atoms with Crippen LogP contribution in [0.4, 0.5) is 0 Å². The molecule has 0 aliphatic carbocycles. The maximum Gasteiger partial charge on any atom is 0.132 e. The van der Waals surface area contributed by atoms with Crippen LogP contribution in [-0.2, 0) is 6.42 Å². The number of para-hydroxylation sites is 2. The maximum atomic E-state index is 10.9. The van der Waals surface area contributed by atoms with Gasteiger partial charge in [0.05, 0.1) is 50.8 Å². The van der Waals surface area contributed by atoms with E-state index in [1.165, 1.54) is 16.7 Å². The molecule has 54 heavy (non-hydrogen) atoms. The van der Waals surface area contributed by atoms with Crippen LogP contribution in [0, 0.1) is 25.2 Å². The Balaban J connectivity index is 1.35. The number of aryl methyl sites for hydroxylation is 2. The van der Waals surface area contributed by atoms with Crippen LogP contribution in [0.2, 0.25) is 0 Å². The molecule has 2 heterocycles. The van der Waals surface area contributed by atoms with Crippen molar-refractivity contribution in [3.63, 3.8) is 0 Å². The fraction of sp³-hybridized carbons (Fsp3) is 0.0612. The molecular weight excluding hydrogens is 659 g/mol. The summed E-state index contributed by atoms with van der Waals surface area (Å²) in [6.45, 7) is 4.25. The first kappa shape index (κ1) is 32.7. The first-order chi connectivity index (χ1) is 26.5. The van der Waals surface area contributed by atoms with Gasteiger partial charge in [-0.25, -0.2) is 4.99 Å². The van der Waals surface area contributed by atoms with E-state index < -0.39 is 0 Å². The Morgan fingerprint density at radius 3 is 1.67 bits per heavy atom. The quantitative estimate of drug-likeness (QED) is 0.133. The van der Waals surface area contributed by atoms with Gasteiger partial charge in [-0.05, 0) is 79.9 Å². The van der Waals surface area contributed by atoms with Crippen LogP contribution in [0.3, 0.4) is 0 Å². The number of amidine groups is 1. The minimum atomic E-state index is 0.275. The zero-order chi connectivity index (χ0) is 36.8. The van der Waals surface area contributed by atoms with Crippen molar-refractivity contribution in [1.82, 2.24) is 9.13 Å². The van der Waals surface area contributed by atoms with Gasteiger partial charge >= 0.3 is 0 Å². The Morgan fingerprint density at radius 2 is 1.09 bits per heavy atom. The third-order valence-corrected chi connectivity index (χ3v) is 10.3. The second-order valence-electron chi connectivity index (χ2n) is 13.9. The van der Waals surface area contributed by atoms with Crippen molar-refractivity contribution in [3.8, 4) is 17.4 Å². The minimum Gasteiger partial charge on any atom is -0.383 e. The third-order valence-electron chi connectivity index (χ3n) is 10.3. The fourth-order valence-corrected chi connectivity index (χ4v) is 7.79. The second kappa shape index (κ2) is 13.4. The topological polar surface area (TPSA) is 72.0 Å². The van der Waals surface area contributed by atoms with E-state index in [4.69, 9.17) is 10.7 Å². The lowest BCUT2D eigenvalue weighted by Gasteiger charge is -2.19. The van der Waals surface area contributed by atoms with Gasteiger partial charge < -0.3 is 14.9 Å². The molecule has 5 heteroatoms. The van der Waals surface area contributed by atoms with Crippen LogP contribution >= 0.6 is 0 Å². The van der Waals surface area contributed by atoms with E-state index in [-0.39, 0.29) is 5.84 Å². The molecule has 7 aromatic carbocycles. The van der Waals surface area contributed by atoms with Gasteiger partial charge in [0.25, 0.3) is 0 Å². The van der Waals surface area contributed by atoms with Crippen LogP contribution in [0.15, 0.2) is 169 Å². The molecule has 0 saturated carbocycles. The number of aromatic nitrogens is 2. The summed E-state index contributed by atoms with van der Waals surface area (Å²) in [7, 11) is 0.